The summed E-state index contributed by atoms with van der Waals surface area (Å²) < 4.78 is 18.5. The van der Waals surface area contributed by atoms with Crippen molar-refractivity contribution in [3.63, 3.8) is 0 Å². The Kier molecular flexibility index (Phi) is 21.3. The van der Waals surface area contributed by atoms with Crippen LogP contribution in [0.1, 0.15) is 0 Å². The number of nitrogens with zero attached hydrogens (tertiary/aromatic N) is 12. The van der Waals surface area contributed by atoms with Gasteiger partial charge in [-0.3, -0.25) is 0 Å². The monoisotopic (exact) mass is 1800 g/mol. The van der Waals surface area contributed by atoms with Gasteiger partial charge in [-0.1, -0.05) is 291 Å². The molecule has 0 fully saturated rings. The van der Waals surface area contributed by atoms with Gasteiger partial charge in [0.25, 0.3) is 0 Å². The minimum Gasteiger partial charge on any atom is -0.456 e. The Balaban J connectivity index is 0.000000148. The van der Waals surface area contributed by atoms with Gasteiger partial charge in [-0.05, 0) is 218 Å². The maximum Gasteiger partial charge on any atom is 0.167 e. The maximum absolute atomic E-state index is 7.20. The average molecular weight is 1800 g/mol. The molecule has 26 rings (SSSR count). The highest BCUT2D eigenvalue weighted by molar-refractivity contribution is 6.17. The van der Waals surface area contributed by atoms with Gasteiger partial charge < -0.3 is 37.6 Å². The second-order valence-corrected chi connectivity index (χ2v) is 34.5. The number of hydrogen-bond acceptors (Lipinski definition) is 12. The molecule has 0 bridgehead atoms. The third-order valence-electron chi connectivity index (χ3n) is 26.0. The number of anilines is 12. The van der Waals surface area contributed by atoms with Gasteiger partial charge in [0.1, 0.15) is 16.7 Å². The van der Waals surface area contributed by atoms with Gasteiger partial charge in [-0.25, -0.2) is 29.9 Å². The third kappa shape index (κ3) is 15.4. The van der Waals surface area contributed by atoms with E-state index in [1.54, 1.807) is 0 Å². The van der Waals surface area contributed by atoms with Gasteiger partial charge in [0.2, 0.25) is 0 Å². The van der Waals surface area contributed by atoms with E-state index in [2.05, 4.69) is 399 Å². The Bertz CT molecular complexity index is 8480. The van der Waals surface area contributed by atoms with Gasteiger partial charge in [-0.2, -0.15) is 0 Å². The first-order chi connectivity index (χ1) is 69.4. The van der Waals surface area contributed by atoms with Crippen molar-refractivity contribution in [3.05, 3.63) is 510 Å². The highest BCUT2D eigenvalue weighted by atomic mass is 16.3. The molecule has 140 heavy (non-hydrogen) atoms. The summed E-state index contributed by atoms with van der Waals surface area (Å²) >= 11 is 0. The predicted molar refractivity (Wildman–Crippen MR) is 574 cm³/mol. The smallest absolute Gasteiger partial charge is 0.167 e. The Morgan fingerprint density at radius 3 is 0.764 bits per heavy atom. The van der Waals surface area contributed by atoms with Crippen LogP contribution in [0.2, 0.25) is 0 Å². The SMILES string of the molecule is c1ccc(-c2nc(-c3ccccc3)nc(-c3ccc4oc5ccc(-n6c7ccc(N(c8ccccc8)c8ccccc8)cc7c7cc(N(c8ccccc8)c8ccccc8)ccc76)cc5c4c3)n2)cc1.c1ccc(-c2nc(-c3ccccc3)nc(-c3cccc4c3oc3c(-n5c6ccc(N(c7ccccc7)c7ccccc7)cc6c6cc(N(c7ccccc7)c7ccccc7)ccc65)cccc34)n2)cc1. The summed E-state index contributed by atoms with van der Waals surface area (Å²) in [6.07, 6.45) is 0. The molecule has 20 aromatic carbocycles. The molecule has 26 aromatic rings. The largest absolute Gasteiger partial charge is 0.456 e. The summed E-state index contributed by atoms with van der Waals surface area (Å²) in [6.45, 7) is 0. The summed E-state index contributed by atoms with van der Waals surface area (Å²) in [6, 6.07) is 178. The summed E-state index contributed by atoms with van der Waals surface area (Å²) in [7, 11) is 0. The maximum atomic E-state index is 7.20. The number of fused-ring (bicyclic) bond motifs is 12. The Hall–Kier alpha value is -19.2. The highest BCUT2D eigenvalue weighted by Gasteiger charge is 2.28. The number of hydrogen-bond donors (Lipinski definition) is 0. The molecule has 14 nitrogen and oxygen atoms in total. The van der Waals surface area contributed by atoms with Gasteiger partial charge in [0.15, 0.2) is 40.5 Å². The van der Waals surface area contributed by atoms with Gasteiger partial charge in [-0.15, -0.1) is 0 Å². The molecule has 6 aromatic heterocycles. The zero-order chi connectivity index (χ0) is 92.8. The van der Waals surface area contributed by atoms with Crippen LogP contribution in [-0.2, 0) is 0 Å². The highest BCUT2D eigenvalue weighted by Crippen LogP contribution is 2.49. The fourth-order valence-corrected chi connectivity index (χ4v) is 19.6. The molecule has 0 N–H and O–H groups in total. The normalized spacial score (nSPS) is 11.4. The van der Waals surface area contributed by atoms with Crippen LogP contribution in [0.5, 0.6) is 0 Å². The summed E-state index contributed by atoms with van der Waals surface area (Å²) in [5, 5.41) is 8.42. The zero-order valence-electron chi connectivity index (χ0n) is 75.7. The van der Waals surface area contributed by atoms with E-state index >= 15 is 0 Å². The lowest BCUT2D eigenvalue weighted by Gasteiger charge is -2.26. The number of benzene rings is 20. The second kappa shape index (κ2) is 36.0. The van der Waals surface area contributed by atoms with E-state index in [0.29, 0.717) is 40.5 Å². The lowest BCUT2D eigenvalue weighted by atomic mass is 10.1. The van der Waals surface area contributed by atoms with Crippen molar-refractivity contribution in [1.29, 1.82) is 0 Å². The topological polar surface area (TPSA) is 126 Å². The van der Waals surface area contributed by atoms with E-state index in [4.69, 9.17) is 38.7 Å². The van der Waals surface area contributed by atoms with Crippen LogP contribution < -0.4 is 19.6 Å². The number of aromatic nitrogens is 8. The summed E-state index contributed by atoms with van der Waals surface area (Å²) in [5.74, 6) is 3.56. The lowest BCUT2D eigenvalue weighted by Crippen LogP contribution is -2.09. The second-order valence-electron chi connectivity index (χ2n) is 34.5. The summed E-state index contributed by atoms with van der Waals surface area (Å²) in [5.41, 5.74) is 27.4. The Morgan fingerprint density at radius 2 is 0.436 bits per heavy atom. The van der Waals surface area contributed by atoms with Crippen LogP contribution in [0, 0.1) is 0 Å². The first-order valence-electron chi connectivity index (χ1n) is 46.9. The van der Waals surface area contributed by atoms with Crippen LogP contribution >= 0.6 is 0 Å². The first-order valence-corrected chi connectivity index (χ1v) is 46.9. The van der Waals surface area contributed by atoms with Crippen LogP contribution in [0.3, 0.4) is 0 Å². The van der Waals surface area contributed by atoms with Crippen molar-refractivity contribution < 1.29 is 8.83 Å². The number of rotatable bonds is 20. The molecule has 0 aliphatic heterocycles. The Labute approximate surface area is 807 Å². The molecule has 660 valence electrons. The summed E-state index contributed by atoms with van der Waals surface area (Å²) in [4.78, 5) is 39.5. The molecule has 0 spiro atoms. The van der Waals surface area contributed by atoms with E-state index < -0.39 is 0 Å². The predicted octanol–water partition coefficient (Wildman–Crippen LogP) is 33.6. The molecule has 0 atom stereocenters. The van der Waals surface area contributed by atoms with Crippen molar-refractivity contribution in [2.24, 2.45) is 0 Å². The number of para-hydroxylation sites is 10. The standard InChI is InChI=1S/2C63H42N6O/c1-7-21-43(22-8-1)61-64-62(44-23-9-2-10-24-44)66-63(65-61)53-35-19-33-51-52-34-20-36-58(60(52)70-59(51)53)69-56-39-37-49(67(45-25-11-3-12-26-45)46-27-13-4-14-28-46)41-54(56)55-42-50(38-40-57(55)69)68(47-29-15-5-16-30-47)48-31-17-6-18-32-48;1-7-19-43(20-8-1)61-64-62(44-21-9-2-10-22-44)66-63(65-61)45-31-37-59-55(39-45)56-42-52(34-38-60(56)70-59)69-57-35-32-50(67(46-23-11-3-12-24-46)47-25-13-4-14-26-47)40-53(57)54-41-51(33-36-58(54)69)68(48-27-15-5-16-28-48)49-29-17-6-18-30-49/h2*1-42H. The van der Waals surface area contributed by atoms with Crippen molar-refractivity contribution >= 4 is 156 Å². The first kappa shape index (κ1) is 82.7. The third-order valence-corrected chi connectivity index (χ3v) is 26.0. The van der Waals surface area contributed by atoms with E-state index in [9.17, 15) is 0 Å². The molecular formula is C126H84N12O2. The molecule has 0 saturated heterocycles. The molecule has 0 radical (unpaired) electrons. The van der Waals surface area contributed by atoms with Crippen molar-refractivity contribution in [1.82, 2.24) is 39.0 Å². The average Bonchev–Trinajstić information content (AvgIpc) is 1.56. The minimum absolute atomic E-state index is 0.540. The zero-order valence-corrected chi connectivity index (χ0v) is 75.7. The van der Waals surface area contributed by atoms with Crippen molar-refractivity contribution in [2.75, 3.05) is 19.6 Å². The van der Waals surface area contributed by atoms with Crippen LogP contribution in [0.25, 0.3) is 167 Å². The number of furan rings is 2. The Morgan fingerprint density at radius 1 is 0.164 bits per heavy atom. The van der Waals surface area contributed by atoms with E-state index in [-0.39, 0.29) is 0 Å². The van der Waals surface area contributed by atoms with E-state index in [1.807, 2.05) is 140 Å². The van der Waals surface area contributed by atoms with Gasteiger partial charge in [0, 0.05) is 145 Å². The minimum atomic E-state index is 0.540. The van der Waals surface area contributed by atoms with Gasteiger partial charge >= 0.3 is 0 Å². The van der Waals surface area contributed by atoms with Crippen LogP contribution in [0.15, 0.2) is 518 Å². The van der Waals surface area contributed by atoms with Crippen molar-refractivity contribution in [2.45, 2.75) is 0 Å². The molecule has 14 heteroatoms. The molecule has 6 heterocycles. The molecule has 0 unspecified atom stereocenters. The van der Waals surface area contributed by atoms with Crippen LogP contribution in [0.4, 0.5) is 68.2 Å². The lowest BCUT2D eigenvalue weighted by molar-refractivity contribution is 0.667. The molecule has 0 amide bonds. The fraction of sp³-hybridized carbons (Fsp3) is 0. The molecular weight excluding hydrogens is 1710 g/mol. The molecule has 0 saturated carbocycles. The van der Waals surface area contributed by atoms with E-state index in [0.717, 1.165) is 195 Å². The quantitative estimate of drug-likeness (QED) is 0.0721. The molecule has 0 aliphatic carbocycles. The van der Waals surface area contributed by atoms with Crippen LogP contribution in [-0.4, -0.2) is 39.0 Å². The van der Waals surface area contributed by atoms with E-state index in [1.165, 1.54) is 0 Å². The van der Waals surface area contributed by atoms with Gasteiger partial charge in [0.05, 0.1) is 33.3 Å². The molecule has 0 aliphatic rings. The van der Waals surface area contributed by atoms with Crippen molar-refractivity contribution in [3.8, 4) is 79.7 Å². The fourth-order valence-electron chi connectivity index (χ4n) is 19.6.